The maximum atomic E-state index is 11.7. The van der Waals surface area contributed by atoms with E-state index >= 15 is 0 Å². The smallest absolute Gasteiger partial charge is 0.188 e. The second kappa shape index (κ2) is 4.04. The molecular formula is C12H14O. The zero-order chi connectivity index (χ0) is 9.84. The first-order chi connectivity index (χ1) is 6.16. The van der Waals surface area contributed by atoms with Gasteiger partial charge in [-0.2, -0.15) is 0 Å². The number of carbonyl (C=O) groups excluding carboxylic acids is 1. The lowest BCUT2D eigenvalue weighted by atomic mass is 10.0. The van der Waals surface area contributed by atoms with Gasteiger partial charge in [0.1, 0.15) is 0 Å². The molecule has 0 bridgehead atoms. The molecule has 0 N–H and O–H groups in total. The first kappa shape index (κ1) is 9.72. The van der Waals surface area contributed by atoms with Gasteiger partial charge in [0.05, 0.1) is 0 Å². The molecular weight excluding hydrogens is 160 g/mol. The summed E-state index contributed by atoms with van der Waals surface area (Å²) >= 11 is 0. The van der Waals surface area contributed by atoms with E-state index in [-0.39, 0.29) is 5.78 Å². The summed E-state index contributed by atoms with van der Waals surface area (Å²) in [4.78, 5) is 11.7. The molecule has 0 aromatic heterocycles. The van der Waals surface area contributed by atoms with Crippen LogP contribution in [-0.4, -0.2) is 5.78 Å². The number of allylic oxidation sites excluding steroid dienone is 2. The van der Waals surface area contributed by atoms with Crippen LogP contribution in [0.2, 0.25) is 0 Å². The number of rotatable bonds is 2. The van der Waals surface area contributed by atoms with Crippen molar-refractivity contribution in [3.05, 3.63) is 47.0 Å². The van der Waals surface area contributed by atoms with Gasteiger partial charge in [-0.3, -0.25) is 4.79 Å². The molecule has 1 aromatic rings. The average Bonchev–Trinajstić information content (AvgIpc) is 2.16. The second-order valence-electron chi connectivity index (χ2n) is 3.12. The summed E-state index contributed by atoms with van der Waals surface area (Å²) in [6.45, 7) is 5.68. The quantitative estimate of drug-likeness (QED) is 0.497. The highest BCUT2D eigenvalue weighted by molar-refractivity contribution is 6.09. The monoisotopic (exact) mass is 174 g/mol. The maximum Gasteiger partial charge on any atom is 0.188 e. The Morgan fingerprint density at radius 3 is 2.46 bits per heavy atom. The van der Waals surface area contributed by atoms with Crippen molar-refractivity contribution in [2.45, 2.75) is 20.8 Å². The van der Waals surface area contributed by atoms with Gasteiger partial charge in [0.25, 0.3) is 0 Å². The van der Waals surface area contributed by atoms with Gasteiger partial charge in [-0.15, -0.1) is 0 Å². The normalized spacial score (nSPS) is 11.5. The number of benzene rings is 1. The van der Waals surface area contributed by atoms with Crippen molar-refractivity contribution >= 4 is 5.78 Å². The molecule has 1 heteroatoms. The Bertz CT molecular complexity index is 348. The van der Waals surface area contributed by atoms with Gasteiger partial charge >= 0.3 is 0 Å². The van der Waals surface area contributed by atoms with Crippen LogP contribution in [0.25, 0.3) is 0 Å². The third kappa shape index (κ3) is 2.05. The summed E-state index contributed by atoms with van der Waals surface area (Å²) in [6, 6.07) is 7.65. The van der Waals surface area contributed by atoms with Crippen LogP contribution in [0.15, 0.2) is 35.9 Å². The molecule has 0 heterocycles. The summed E-state index contributed by atoms with van der Waals surface area (Å²) < 4.78 is 0. The summed E-state index contributed by atoms with van der Waals surface area (Å²) in [6.07, 6.45) is 1.84. The molecule has 1 aromatic carbocycles. The summed E-state index contributed by atoms with van der Waals surface area (Å²) in [5.74, 6) is 0.126. The van der Waals surface area contributed by atoms with Crippen molar-refractivity contribution in [2.24, 2.45) is 0 Å². The number of hydrogen-bond acceptors (Lipinski definition) is 1. The minimum atomic E-state index is 0.126. The molecule has 0 radical (unpaired) electrons. The second-order valence-corrected chi connectivity index (χ2v) is 3.12. The van der Waals surface area contributed by atoms with Crippen molar-refractivity contribution in [3.63, 3.8) is 0 Å². The third-order valence-electron chi connectivity index (χ3n) is 2.18. The highest BCUT2D eigenvalue weighted by atomic mass is 16.1. The SMILES string of the molecule is C/C=C(/C)C(=O)c1ccccc1C. The van der Waals surface area contributed by atoms with Crippen LogP contribution in [0.4, 0.5) is 0 Å². The Morgan fingerprint density at radius 2 is 1.92 bits per heavy atom. The molecule has 0 aliphatic carbocycles. The van der Waals surface area contributed by atoms with Crippen LogP contribution in [0.3, 0.4) is 0 Å². The highest BCUT2D eigenvalue weighted by Gasteiger charge is 2.08. The van der Waals surface area contributed by atoms with Crippen LogP contribution in [-0.2, 0) is 0 Å². The van der Waals surface area contributed by atoms with Gasteiger partial charge in [0, 0.05) is 5.56 Å². The molecule has 1 rings (SSSR count). The fourth-order valence-corrected chi connectivity index (χ4v) is 1.17. The molecule has 0 spiro atoms. The van der Waals surface area contributed by atoms with E-state index in [0.717, 1.165) is 16.7 Å². The lowest BCUT2D eigenvalue weighted by Crippen LogP contribution is -2.02. The number of ketones is 1. The largest absolute Gasteiger partial charge is 0.289 e. The van der Waals surface area contributed by atoms with Crippen molar-refractivity contribution in [1.29, 1.82) is 0 Å². The molecule has 1 nitrogen and oxygen atoms in total. The van der Waals surface area contributed by atoms with Crippen molar-refractivity contribution in [3.8, 4) is 0 Å². The summed E-state index contributed by atoms with van der Waals surface area (Å²) in [5.41, 5.74) is 2.64. The fraction of sp³-hybridized carbons (Fsp3) is 0.250. The Balaban J connectivity index is 3.10. The molecule has 68 valence electrons. The number of Topliss-reactive ketones (excluding diaryl/α,β-unsaturated/α-hetero) is 1. The van der Waals surface area contributed by atoms with Gasteiger partial charge in [0.15, 0.2) is 5.78 Å². The van der Waals surface area contributed by atoms with E-state index in [1.54, 1.807) is 0 Å². The molecule has 0 fully saturated rings. The average molecular weight is 174 g/mol. The van der Waals surface area contributed by atoms with E-state index in [0.29, 0.717) is 0 Å². The van der Waals surface area contributed by atoms with Gasteiger partial charge < -0.3 is 0 Å². The predicted octanol–water partition coefficient (Wildman–Crippen LogP) is 3.14. The summed E-state index contributed by atoms with van der Waals surface area (Å²) in [5, 5.41) is 0. The lowest BCUT2D eigenvalue weighted by molar-refractivity contribution is 0.103. The van der Waals surface area contributed by atoms with Crippen molar-refractivity contribution in [1.82, 2.24) is 0 Å². The van der Waals surface area contributed by atoms with Crippen LogP contribution < -0.4 is 0 Å². The highest BCUT2D eigenvalue weighted by Crippen LogP contribution is 2.12. The number of aryl methyl sites for hydroxylation is 1. The molecule has 13 heavy (non-hydrogen) atoms. The lowest BCUT2D eigenvalue weighted by Gasteiger charge is -2.03. The van der Waals surface area contributed by atoms with E-state index in [9.17, 15) is 4.79 Å². The standard InChI is InChI=1S/C12H14O/c1-4-9(2)12(13)11-8-6-5-7-10(11)3/h4-8H,1-3H3/b9-4-. The molecule has 0 atom stereocenters. The van der Waals surface area contributed by atoms with Gasteiger partial charge in [-0.1, -0.05) is 30.3 Å². The Morgan fingerprint density at radius 1 is 1.31 bits per heavy atom. The van der Waals surface area contributed by atoms with E-state index in [2.05, 4.69) is 0 Å². The zero-order valence-electron chi connectivity index (χ0n) is 8.29. The van der Waals surface area contributed by atoms with E-state index in [1.165, 1.54) is 0 Å². The van der Waals surface area contributed by atoms with Crippen LogP contribution >= 0.6 is 0 Å². The van der Waals surface area contributed by atoms with Crippen LogP contribution in [0, 0.1) is 6.92 Å². The molecule has 0 aliphatic rings. The van der Waals surface area contributed by atoms with Gasteiger partial charge in [-0.05, 0) is 31.9 Å². The molecule has 0 aliphatic heterocycles. The first-order valence-electron chi connectivity index (χ1n) is 4.40. The minimum absolute atomic E-state index is 0.126. The Labute approximate surface area is 79.1 Å². The topological polar surface area (TPSA) is 17.1 Å². The van der Waals surface area contributed by atoms with Crippen molar-refractivity contribution < 1.29 is 4.79 Å². The number of carbonyl (C=O) groups is 1. The van der Waals surface area contributed by atoms with E-state index < -0.39 is 0 Å². The number of hydrogen-bond donors (Lipinski definition) is 0. The third-order valence-corrected chi connectivity index (χ3v) is 2.18. The van der Waals surface area contributed by atoms with Crippen molar-refractivity contribution in [2.75, 3.05) is 0 Å². The predicted molar refractivity (Wildman–Crippen MR) is 54.9 cm³/mol. The minimum Gasteiger partial charge on any atom is -0.289 e. The fourth-order valence-electron chi connectivity index (χ4n) is 1.17. The molecule has 0 saturated carbocycles. The molecule has 0 amide bonds. The van der Waals surface area contributed by atoms with Gasteiger partial charge in [0.2, 0.25) is 0 Å². The zero-order valence-corrected chi connectivity index (χ0v) is 8.29. The maximum absolute atomic E-state index is 11.7. The Hall–Kier alpha value is -1.37. The molecule has 0 unspecified atom stereocenters. The first-order valence-corrected chi connectivity index (χ1v) is 4.40. The van der Waals surface area contributed by atoms with E-state index in [4.69, 9.17) is 0 Å². The Kier molecular flexibility index (Phi) is 3.02. The van der Waals surface area contributed by atoms with Gasteiger partial charge in [-0.25, -0.2) is 0 Å². The van der Waals surface area contributed by atoms with Crippen LogP contribution in [0.1, 0.15) is 29.8 Å². The summed E-state index contributed by atoms with van der Waals surface area (Å²) in [7, 11) is 0. The van der Waals surface area contributed by atoms with Crippen LogP contribution in [0.5, 0.6) is 0 Å². The molecule has 0 saturated heterocycles. The van der Waals surface area contributed by atoms with E-state index in [1.807, 2.05) is 51.1 Å².